The molecular weight excluding hydrogens is 394 g/mol. The van der Waals surface area contributed by atoms with Crippen LogP contribution in [-0.4, -0.2) is 12.3 Å². The summed E-state index contributed by atoms with van der Waals surface area (Å²) in [7, 11) is 0. The molecule has 24 heavy (non-hydrogen) atoms. The fourth-order valence-corrected chi connectivity index (χ4v) is 2.78. The van der Waals surface area contributed by atoms with E-state index in [1.54, 1.807) is 18.2 Å². The molecule has 0 radical (unpaired) electrons. The van der Waals surface area contributed by atoms with Gasteiger partial charge in [0.25, 0.3) is 6.29 Å². The van der Waals surface area contributed by atoms with Crippen molar-refractivity contribution in [3.05, 3.63) is 87.7 Å². The van der Waals surface area contributed by atoms with Gasteiger partial charge in [-0.25, -0.2) is 4.79 Å². The summed E-state index contributed by atoms with van der Waals surface area (Å²) in [6.07, 6.45) is -0.982. The van der Waals surface area contributed by atoms with Gasteiger partial charge in [0, 0.05) is 10.2 Å². The van der Waals surface area contributed by atoms with Crippen LogP contribution in [0, 0.1) is 0 Å². The van der Waals surface area contributed by atoms with Crippen molar-refractivity contribution in [1.82, 2.24) is 0 Å². The fraction of sp³-hybridized carbons (Fsp3) is 0.0556. The zero-order chi connectivity index (χ0) is 17.1. The Labute approximate surface area is 152 Å². The second-order valence-electron chi connectivity index (χ2n) is 4.98. The summed E-state index contributed by atoms with van der Waals surface area (Å²) < 4.78 is 11.6. The van der Waals surface area contributed by atoms with Crippen molar-refractivity contribution in [2.24, 2.45) is 0 Å². The van der Waals surface area contributed by atoms with Gasteiger partial charge in [0.1, 0.15) is 16.5 Å². The molecule has 0 amide bonds. The molecule has 0 saturated carbocycles. The van der Waals surface area contributed by atoms with E-state index in [0.717, 1.165) is 5.69 Å². The molecule has 3 rings (SSSR count). The average molecular weight is 407 g/mol. The first kappa shape index (κ1) is 16.6. The molecular formula is C18H13BrClNO3. The second-order valence-corrected chi connectivity index (χ2v) is 6.21. The van der Waals surface area contributed by atoms with Crippen molar-refractivity contribution in [2.45, 2.75) is 6.29 Å². The van der Waals surface area contributed by atoms with E-state index in [-0.39, 0.29) is 5.76 Å². The van der Waals surface area contributed by atoms with Crippen LogP contribution < -0.4 is 5.32 Å². The summed E-state index contributed by atoms with van der Waals surface area (Å²) in [4.78, 5) is 12.4. The lowest BCUT2D eigenvalue weighted by atomic mass is 10.2. The fourth-order valence-electron chi connectivity index (χ4n) is 2.15. The third-order valence-electron chi connectivity index (χ3n) is 3.33. The Hall–Kier alpha value is -2.24. The summed E-state index contributed by atoms with van der Waals surface area (Å²) in [6, 6.07) is 16.4. The molecule has 1 N–H and O–H groups in total. The van der Waals surface area contributed by atoms with Gasteiger partial charge in [0.15, 0.2) is 0 Å². The highest BCUT2D eigenvalue weighted by Gasteiger charge is 2.33. The van der Waals surface area contributed by atoms with Crippen molar-refractivity contribution in [3.8, 4) is 0 Å². The predicted molar refractivity (Wildman–Crippen MR) is 96.5 cm³/mol. The molecule has 0 saturated heterocycles. The Morgan fingerprint density at radius 1 is 1.17 bits per heavy atom. The zero-order valence-corrected chi connectivity index (χ0v) is 14.8. The zero-order valence-electron chi connectivity index (χ0n) is 12.5. The van der Waals surface area contributed by atoms with E-state index in [2.05, 4.69) is 27.8 Å². The molecule has 0 spiro atoms. The third-order valence-corrected chi connectivity index (χ3v) is 4.43. The number of carbonyl (C=O) groups is 1. The van der Waals surface area contributed by atoms with E-state index >= 15 is 0 Å². The quantitative estimate of drug-likeness (QED) is 0.723. The molecule has 1 atom stereocenters. The lowest BCUT2D eigenvalue weighted by Crippen LogP contribution is -2.23. The lowest BCUT2D eigenvalue weighted by Gasteiger charge is -2.17. The van der Waals surface area contributed by atoms with Gasteiger partial charge in [-0.05, 0) is 40.2 Å². The lowest BCUT2D eigenvalue weighted by molar-refractivity contribution is -0.0469. The number of carbonyl (C=O) groups excluding carboxylic acids is 1. The number of ether oxygens (including phenoxy) is 2. The molecule has 2 aromatic carbocycles. The number of allylic oxidation sites excluding steroid dienone is 1. The number of nitrogens with one attached hydrogen (secondary N) is 1. The molecule has 0 fully saturated rings. The smallest absolute Gasteiger partial charge is 0.342 e. The number of hydrogen-bond acceptors (Lipinski definition) is 4. The van der Waals surface area contributed by atoms with E-state index in [1.807, 2.05) is 36.4 Å². The summed E-state index contributed by atoms with van der Waals surface area (Å²) >= 11 is 9.55. The first-order valence-electron chi connectivity index (χ1n) is 7.09. The third kappa shape index (κ3) is 3.47. The van der Waals surface area contributed by atoms with E-state index in [4.69, 9.17) is 21.1 Å². The number of para-hydroxylation sites is 1. The van der Waals surface area contributed by atoms with Crippen LogP contribution in [0.15, 0.2) is 82.1 Å². The summed E-state index contributed by atoms with van der Waals surface area (Å²) in [5, 5.41) is 3.41. The van der Waals surface area contributed by atoms with Crippen LogP contribution in [0.4, 0.5) is 5.69 Å². The van der Waals surface area contributed by atoms with Crippen LogP contribution in [0.3, 0.4) is 0 Å². The van der Waals surface area contributed by atoms with E-state index < -0.39 is 12.3 Å². The van der Waals surface area contributed by atoms with Crippen molar-refractivity contribution < 1.29 is 14.3 Å². The molecule has 0 aromatic heterocycles. The highest BCUT2D eigenvalue weighted by molar-refractivity contribution is 9.10. The van der Waals surface area contributed by atoms with Crippen molar-refractivity contribution in [3.63, 3.8) is 0 Å². The van der Waals surface area contributed by atoms with Gasteiger partial charge in [-0.3, -0.25) is 0 Å². The standard InChI is InChI=1S/C18H13BrClNO3/c1-11-15(20)16(21-12-7-3-2-4-8-12)18(23-11)24-17(22)13-9-5-6-10-14(13)19/h2-10,18,21H,1H2. The van der Waals surface area contributed by atoms with Crippen LogP contribution in [0.5, 0.6) is 0 Å². The summed E-state index contributed by atoms with van der Waals surface area (Å²) in [5.41, 5.74) is 1.63. The maximum atomic E-state index is 12.4. The van der Waals surface area contributed by atoms with Crippen molar-refractivity contribution in [1.29, 1.82) is 0 Å². The number of hydrogen-bond donors (Lipinski definition) is 1. The van der Waals surface area contributed by atoms with Gasteiger partial charge in [-0.1, -0.05) is 48.5 Å². The number of rotatable bonds is 4. The van der Waals surface area contributed by atoms with Gasteiger partial charge in [0.2, 0.25) is 0 Å². The SMILES string of the molecule is C=C1OC(OC(=O)c2ccccc2Br)C(Nc2ccccc2)=C1Cl. The number of anilines is 1. The Balaban J connectivity index is 1.81. The van der Waals surface area contributed by atoms with Crippen LogP contribution >= 0.6 is 27.5 Å². The Morgan fingerprint density at radius 3 is 2.54 bits per heavy atom. The summed E-state index contributed by atoms with van der Waals surface area (Å²) in [5.74, 6) is -0.279. The van der Waals surface area contributed by atoms with E-state index in [0.29, 0.717) is 20.8 Å². The van der Waals surface area contributed by atoms with Crippen LogP contribution in [0.1, 0.15) is 10.4 Å². The molecule has 6 heteroatoms. The first-order chi connectivity index (χ1) is 11.6. The van der Waals surface area contributed by atoms with E-state index in [9.17, 15) is 4.79 Å². The van der Waals surface area contributed by atoms with Gasteiger partial charge in [0.05, 0.1) is 5.56 Å². The van der Waals surface area contributed by atoms with Gasteiger partial charge in [-0.15, -0.1) is 0 Å². The molecule has 122 valence electrons. The topological polar surface area (TPSA) is 47.6 Å². The maximum Gasteiger partial charge on any atom is 0.342 e. The van der Waals surface area contributed by atoms with Crippen LogP contribution in [0.2, 0.25) is 0 Å². The Kier molecular flexibility index (Phi) is 4.92. The highest BCUT2D eigenvalue weighted by atomic mass is 79.9. The first-order valence-corrected chi connectivity index (χ1v) is 8.26. The maximum absolute atomic E-state index is 12.4. The minimum Gasteiger partial charge on any atom is -0.448 e. The predicted octanol–water partition coefficient (Wildman–Crippen LogP) is 5.04. The van der Waals surface area contributed by atoms with Gasteiger partial charge in [-0.2, -0.15) is 0 Å². The minimum atomic E-state index is -0.982. The molecule has 1 unspecified atom stereocenters. The van der Waals surface area contributed by atoms with Crippen molar-refractivity contribution in [2.75, 3.05) is 5.32 Å². The second kappa shape index (κ2) is 7.11. The minimum absolute atomic E-state index is 0.250. The molecule has 1 aliphatic heterocycles. The molecule has 0 bridgehead atoms. The average Bonchev–Trinajstić information content (AvgIpc) is 2.84. The summed E-state index contributed by atoms with van der Waals surface area (Å²) in [6.45, 7) is 3.72. The molecule has 1 heterocycles. The molecule has 1 aliphatic rings. The van der Waals surface area contributed by atoms with Crippen LogP contribution in [0.25, 0.3) is 0 Å². The number of halogens is 2. The van der Waals surface area contributed by atoms with E-state index in [1.165, 1.54) is 0 Å². The normalized spacial score (nSPS) is 16.8. The molecule has 0 aliphatic carbocycles. The van der Waals surface area contributed by atoms with Gasteiger partial charge >= 0.3 is 5.97 Å². The molecule has 2 aromatic rings. The highest BCUT2D eigenvalue weighted by Crippen LogP contribution is 2.34. The Bertz CT molecular complexity index is 820. The largest absolute Gasteiger partial charge is 0.448 e. The Morgan fingerprint density at radius 2 is 1.83 bits per heavy atom. The van der Waals surface area contributed by atoms with Crippen molar-refractivity contribution >= 4 is 39.2 Å². The molecule has 4 nitrogen and oxygen atoms in total. The van der Waals surface area contributed by atoms with Gasteiger partial charge < -0.3 is 14.8 Å². The van der Waals surface area contributed by atoms with Crippen LogP contribution in [-0.2, 0) is 9.47 Å². The number of esters is 1. The number of benzene rings is 2. The monoisotopic (exact) mass is 405 g/mol.